The van der Waals surface area contributed by atoms with Crippen LogP contribution in [0.1, 0.15) is 58.4 Å². The van der Waals surface area contributed by atoms with Gasteiger partial charge < -0.3 is 29.7 Å². The van der Waals surface area contributed by atoms with Crippen LogP contribution < -0.4 is 19.7 Å². The van der Waals surface area contributed by atoms with Gasteiger partial charge in [0.05, 0.1) is 42.3 Å². The van der Waals surface area contributed by atoms with Gasteiger partial charge in [-0.25, -0.2) is 23.2 Å². The summed E-state index contributed by atoms with van der Waals surface area (Å²) < 4.78 is 38.3. The summed E-state index contributed by atoms with van der Waals surface area (Å²) in [5, 5.41) is 13.8. The third kappa shape index (κ3) is 8.06. The molecule has 3 aromatic heterocycles. The zero-order chi connectivity index (χ0) is 34.1. The number of nitrogens with one attached hydrogen (secondary N) is 2. The highest BCUT2D eigenvalue weighted by Crippen LogP contribution is 2.36. The number of morpholine rings is 1. The zero-order valence-corrected chi connectivity index (χ0v) is 28.7. The number of hydrogen-bond acceptors (Lipinski definition) is 11. The molecule has 1 unspecified atom stereocenters. The van der Waals surface area contributed by atoms with Crippen molar-refractivity contribution in [3.63, 3.8) is 0 Å². The van der Waals surface area contributed by atoms with Crippen molar-refractivity contribution in [2.24, 2.45) is 5.41 Å². The Kier molecular flexibility index (Phi) is 9.61. The minimum absolute atomic E-state index is 0.0760. The molecule has 14 nitrogen and oxygen atoms in total. The number of hydrogen-bond donors (Lipinski definition) is 3. The molecule has 0 spiro atoms. The van der Waals surface area contributed by atoms with Crippen molar-refractivity contribution in [2.45, 2.75) is 71.1 Å². The van der Waals surface area contributed by atoms with E-state index in [2.05, 4.69) is 50.7 Å². The smallest absolute Gasteiger partial charge is 0.407 e. The lowest BCUT2D eigenvalue weighted by molar-refractivity contribution is 0.0884. The Labute approximate surface area is 281 Å². The van der Waals surface area contributed by atoms with Crippen molar-refractivity contribution in [1.29, 1.82) is 0 Å². The van der Waals surface area contributed by atoms with Gasteiger partial charge in [-0.3, -0.25) is 9.71 Å². The molecule has 0 bridgehead atoms. The number of ether oxygens (including phenoxy) is 2. The fourth-order valence-electron chi connectivity index (χ4n) is 6.59. The second-order valence-electron chi connectivity index (χ2n) is 13.8. The SMILES string of the molecule is CC(C)(C)C1CC(c2cnc(NC3CCC(Oc4nc(N5CCOCC5)cc5ncc(NS(C)(=O)=O)cc45)CC3)nc2)=CCN1C(=O)O. The number of carbonyl (C=O) groups is 1. The van der Waals surface area contributed by atoms with Crippen LogP contribution in [0.15, 0.2) is 36.8 Å². The van der Waals surface area contributed by atoms with Crippen molar-refractivity contribution in [3.05, 3.63) is 42.4 Å². The Morgan fingerprint density at radius 2 is 1.75 bits per heavy atom. The molecule has 15 heteroatoms. The molecule has 2 aliphatic heterocycles. The summed E-state index contributed by atoms with van der Waals surface area (Å²) in [5.74, 6) is 1.75. The number of sulfonamides is 1. The van der Waals surface area contributed by atoms with E-state index in [1.165, 1.54) is 11.1 Å². The first-order chi connectivity index (χ1) is 22.8. The monoisotopic (exact) mass is 680 g/mol. The highest BCUT2D eigenvalue weighted by atomic mass is 32.2. The number of aromatic nitrogens is 4. The van der Waals surface area contributed by atoms with E-state index in [0.717, 1.165) is 48.9 Å². The highest BCUT2D eigenvalue weighted by Gasteiger charge is 2.36. The molecule has 5 heterocycles. The van der Waals surface area contributed by atoms with Crippen molar-refractivity contribution < 1.29 is 27.8 Å². The molecule has 6 rings (SSSR count). The maximum absolute atomic E-state index is 11.9. The molecule has 3 aromatic rings. The summed E-state index contributed by atoms with van der Waals surface area (Å²) in [6.07, 6.45) is 11.1. The molecular weight excluding hydrogens is 636 g/mol. The van der Waals surface area contributed by atoms with Gasteiger partial charge in [-0.05, 0) is 49.2 Å². The fourth-order valence-corrected chi connectivity index (χ4v) is 7.13. The molecule has 3 N–H and O–H groups in total. The maximum Gasteiger partial charge on any atom is 0.407 e. The third-order valence-corrected chi connectivity index (χ3v) is 9.75. The lowest BCUT2D eigenvalue weighted by Gasteiger charge is -2.41. The Morgan fingerprint density at radius 1 is 1.04 bits per heavy atom. The molecular formula is C33H44N8O6S. The zero-order valence-electron chi connectivity index (χ0n) is 27.8. The summed E-state index contributed by atoms with van der Waals surface area (Å²) in [7, 11) is -3.48. The minimum atomic E-state index is -3.48. The van der Waals surface area contributed by atoms with Crippen molar-refractivity contribution >= 4 is 50.0 Å². The maximum atomic E-state index is 11.9. The van der Waals surface area contributed by atoms with E-state index in [1.807, 2.05) is 24.5 Å². The van der Waals surface area contributed by atoms with E-state index in [-0.39, 0.29) is 23.6 Å². The summed E-state index contributed by atoms with van der Waals surface area (Å²) in [4.78, 5) is 34.1. The molecule has 3 aliphatic rings. The lowest BCUT2D eigenvalue weighted by atomic mass is 9.79. The van der Waals surface area contributed by atoms with Gasteiger partial charge in [0.1, 0.15) is 11.9 Å². The molecule has 1 saturated carbocycles. The molecule has 0 radical (unpaired) electrons. The van der Waals surface area contributed by atoms with Gasteiger partial charge in [-0.15, -0.1) is 0 Å². The van der Waals surface area contributed by atoms with Crippen LogP contribution in [0.4, 0.5) is 22.2 Å². The Morgan fingerprint density at radius 3 is 2.40 bits per heavy atom. The number of pyridine rings is 2. The summed E-state index contributed by atoms with van der Waals surface area (Å²) >= 11 is 0. The molecule has 0 aromatic carbocycles. The lowest BCUT2D eigenvalue weighted by Crippen LogP contribution is -2.48. The molecule has 1 saturated heterocycles. The molecule has 1 amide bonds. The van der Waals surface area contributed by atoms with Crippen LogP contribution in [0.2, 0.25) is 0 Å². The van der Waals surface area contributed by atoms with Gasteiger partial charge in [-0.2, -0.15) is 4.98 Å². The number of anilines is 3. The topological polar surface area (TPSA) is 172 Å². The van der Waals surface area contributed by atoms with E-state index < -0.39 is 16.1 Å². The highest BCUT2D eigenvalue weighted by molar-refractivity contribution is 7.92. The first-order valence-electron chi connectivity index (χ1n) is 16.4. The van der Waals surface area contributed by atoms with Gasteiger partial charge >= 0.3 is 6.09 Å². The van der Waals surface area contributed by atoms with E-state index in [4.69, 9.17) is 14.5 Å². The summed E-state index contributed by atoms with van der Waals surface area (Å²) in [6, 6.07) is 3.67. The quantitative estimate of drug-likeness (QED) is 0.302. The third-order valence-electron chi connectivity index (χ3n) is 9.15. The van der Waals surface area contributed by atoms with E-state index >= 15 is 0 Å². The molecule has 258 valence electrons. The van der Waals surface area contributed by atoms with Crippen LogP contribution in [0.5, 0.6) is 5.88 Å². The number of carboxylic acid groups (broad SMARTS) is 1. The minimum Gasteiger partial charge on any atom is -0.474 e. The van der Waals surface area contributed by atoms with E-state index in [1.54, 1.807) is 6.07 Å². The van der Waals surface area contributed by atoms with E-state index in [9.17, 15) is 18.3 Å². The Balaban J connectivity index is 1.10. The molecule has 48 heavy (non-hydrogen) atoms. The largest absolute Gasteiger partial charge is 0.474 e. The van der Waals surface area contributed by atoms with Gasteiger partial charge in [0.15, 0.2) is 0 Å². The molecule has 1 atom stereocenters. The van der Waals surface area contributed by atoms with Crippen LogP contribution >= 0.6 is 0 Å². The standard InChI is InChI=1S/C33H44N8O6S/c1-33(2,3)28-15-21(9-10-41(28)32(42)43)22-18-35-31(36-19-22)37-23-5-7-25(8-6-23)47-30-26-16-24(39-48(4,44)45)20-34-27(26)17-29(38-30)40-11-13-46-14-12-40/h9,16-20,23,25,28,39H,5-8,10-15H2,1-4H3,(H,42,43)(H,35,36,37). The van der Waals surface area contributed by atoms with Crippen LogP contribution in [0.3, 0.4) is 0 Å². The van der Waals surface area contributed by atoms with Gasteiger partial charge in [0.25, 0.3) is 0 Å². The Hall–Kier alpha value is -4.24. The van der Waals surface area contributed by atoms with Crippen molar-refractivity contribution in [3.8, 4) is 5.88 Å². The van der Waals surface area contributed by atoms with E-state index in [0.29, 0.717) is 67.7 Å². The normalized spacial score (nSPS) is 22.2. The second kappa shape index (κ2) is 13.7. The first kappa shape index (κ1) is 33.7. The van der Waals surface area contributed by atoms with Crippen LogP contribution in [0, 0.1) is 5.41 Å². The van der Waals surface area contributed by atoms with Gasteiger partial charge in [0, 0.05) is 55.7 Å². The number of fused-ring (bicyclic) bond motifs is 1. The Bertz CT molecular complexity index is 1770. The van der Waals surface area contributed by atoms with Crippen LogP contribution in [-0.4, -0.2) is 102 Å². The summed E-state index contributed by atoms with van der Waals surface area (Å²) in [6.45, 7) is 9.19. The number of nitrogens with zero attached hydrogens (tertiary/aromatic N) is 6. The average molecular weight is 681 g/mol. The average Bonchev–Trinajstić information content (AvgIpc) is 3.05. The summed E-state index contributed by atoms with van der Waals surface area (Å²) in [5.41, 5.74) is 2.79. The molecule has 2 fully saturated rings. The first-order valence-corrected chi connectivity index (χ1v) is 18.3. The van der Waals surface area contributed by atoms with Crippen molar-refractivity contribution in [1.82, 2.24) is 24.8 Å². The van der Waals surface area contributed by atoms with Crippen LogP contribution in [0.25, 0.3) is 16.5 Å². The predicted octanol–water partition coefficient (Wildman–Crippen LogP) is 4.61. The number of amides is 1. The predicted molar refractivity (Wildman–Crippen MR) is 184 cm³/mol. The van der Waals surface area contributed by atoms with Crippen molar-refractivity contribution in [2.75, 3.05) is 54.0 Å². The van der Waals surface area contributed by atoms with Crippen LogP contribution in [-0.2, 0) is 14.8 Å². The fraction of sp³-hybridized carbons (Fsp3) is 0.545. The van der Waals surface area contributed by atoms with Gasteiger partial charge in [-0.1, -0.05) is 26.8 Å². The molecule has 1 aliphatic carbocycles. The van der Waals surface area contributed by atoms with Gasteiger partial charge in [0.2, 0.25) is 21.9 Å². The second-order valence-corrected chi connectivity index (χ2v) is 15.6. The number of rotatable bonds is 8.